The molecule has 2 amide bonds. The summed E-state index contributed by atoms with van der Waals surface area (Å²) in [6.07, 6.45) is 4.42. The Morgan fingerprint density at radius 3 is 2.88 bits per heavy atom. The third kappa shape index (κ3) is 2.54. The van der Waals surface area contributed by atoms with Gasteiger partial charge >= 0.3 is 0 Å². The standard InChI is InChI=1S/C19H16N4O2/c20-11-13-3-1-4-14(9-13)19(25)22-8-6-16-17(22)10-18(24)23(16)15-5-2-7-21-12-15/h1-5,7,9,12,16-17H,6,8,10H2/t16-,17+/m1/s1. The molecule has 0 radical (unpaired) electrons. The lowest BCUT2D eigenvalue weighted by atomic mass is 10.1. The highest BCUT2D eigenvalue weighted by Crippen LogP contribution is 2.36. The molecule has 124 valence electrons. The number of carbonyl (C=O) groups excluding carboxylic acids is 2. The summed E-state index contributed by atoms with van der Waals surface area (Å²) in [6.45, 7) is 0.606. The Labute approximate surface area is 145 Å². The van der Waals surface area contributed by atoms with Crippen LogP contribution in [-0.2, 0) is 4.79 Å². The van der Waals surface area contributed by atoms with Crippen molar-refractivity contribution in [2.45, 2.75) is 24.9 Å². The van der Waals surface area contributed by atoms with Gasteiger partial charge in [-0.2, -0.15) is 5.26 Å². The molecule has 2 aliphatic rings. The zero-order valence-corrected chi connectivity index (χ0v) is 13.5. The van der Waals surface area contributed by atoms with Gasteiger partial charge in [-0.15, -0.1) is 0 Å². The molecule has 1 aromatic heterocycles. The zero-order chi connectivity index (χ0) is 17.4. The fraction of sp³-hybridized carbons (Fsp3) is 0.263. The van der Waals surface area contributed by atoms with Crippen molar-refractivity contribution < 1.29 is 9.59 Å². The Balaban J connectivity index is 1.60. The van der Waals surface area contributed by atoms with Crippen LogP contribution in [0.25, 0.3) is 0 Å². The molecule has 3 heterocycles. The first-order valence-electron chi connectivity index (χ1n) is 8.22. The lowest BCUT2D eigenvalue weighted by Crippen LogP contribution is -2.40. The Hall–Kier alpha value is -3.20. The third-order valence-electron chi connectivity index (χ3n) is 4.92. The maximum Gasteiger partial charge on any atom is 0.254 e. The number of benzene rings is 1. The van der Waals surface area contributed by atoms with Gasteiger partial charge in [0.2, 0.25) is 5.91 Å². The molecule has 0 N–H and O–H groups in total. The van der Waals surface area contributed by atoms with E-state index in [1.807, 2.05) is 6.07 Å². The first-order chi connectivity index (χ1) is 12.2. The maximum absolute atomic E-state index is 12.9. The topological polar surface area (TPSA) is 77.3 Å². The van der Waals surface area contributed by atoms with Crippen LogP contribution in [0.15, 0.2) is 48.8 Å². The quantitative estimate of drug-likeness (QED) is 0.842. The Morgan fingerprint density at radius 2 is 2.12 bits per heavy atom. The molecule has 2 aromatic rings. The van der Waals surface area contributed by atoms with Crippen molar-refractivity contribution in [3.05, 3.63) is 59.9 Å². The molecule has 25 heavy (non-hydrogen) atoms. The largest absolute Gasteiger partial charge is 0.333 e. The van der Waals surface area contributed by atoms with Crippen LogP contribution in [0, 0.1) is 11.3 Å². The molecule has 1 aromatic carbocycles. The van der Waals surface area contributed by atoms with E-state index < -0.39 is 0 Å². The van der Waals surface area contributed by atoms with Crippen LogP contribution >= 0.6 is 0 Å². The second-order valence-corrected chi connectivity index (χ2v) is 6.29. The number of hydrogen-bond acceptors (Lipinski definition) is 4. The maximum atomic E-state index is 12.9. The zero-order valence-electron chi connectivity index (χ0n) is 13.5. The molecular formula is C19H16N4O2. The van der Waals surface area contributed by atoms with Crippen LogP contribution in [0.4, 0.5) is 5.69 Å². The van der Waals surface area contributed by atoms with E-state index in [0.29, 0.717) is 24.1 Å². The third-order valence-corrected chi connectivity index (χ3v) is 4.92. The molecule has 0 spiro atoms. The van der Waals surface area contributed by atoms with Crippen LogP contribution in [0.3, 0.4) is 0 Å². The number of pyridine rings is 1. The second kappa shape index (κ2) is 6.02. The molecule has 6 heteroatoms. The van der Waals surface area contributed by atoms with Crippen LogP contribution in [0.2, 0.25) is 0 Å². The second-order valence-electron chi connectivity index (χ2n) is 6.29. The van der Waals surface area contributed by atoms with Crippen molar-refractivity contribution in [1.29, 1.82) is 5.26 Å². The lowest BCUT2D eigenvalue weighted by Gasteiger charge is -2.25. The molecule has 2 fully saturated rings. The van der Waals surface area contributed by atoms with Crippen molar-refractivity contribution in [2.75, 3.05) is 11.4 Å². The number of rotatable bonds is 2. The Kier molecular flexibility index (Phi) is 3.69. The smallest absolute Gasteiger partial charge is 0.254 e. The van der Waals surface area contributed by atoms with Gasteiger partial charge in [0.15, 0.2) is 0 Å². The van der Waals surface area contributed by atoms with Crippen LogP contribution < -0.4 is 4.90 Å². The molecule has 2 atom stereocenters. The number of fused-ring (bicyclic) bond motifs is 1. The first-order valence-corrected chi connectivity index (χ1v) is 8.22. The number of nitriles is 1. The minimum absolute atomic E-state index is 0.0141. The molecular weight excluding hydrogens is 316 g/mol. The van der Waals surface area contributed by atoms with E-state index in [0.717, 1.165) is 12.1 Å². The lowest BCUT2D eigenvalue weighted by molar-refractivity contribution is -0.117. The highest BCUT2D eigenvalue weighted by atomic mass is 16.2. The fourth-order valence-corrected chi connectivity index (χ4v) is 3.82. The van der Waals surface area contributed by atoms with Crippen LogP contribution in [-0.4, -0.2) is 40.3 Å². The van der Waals surface area contributed by atoms with Gasteiger partial charge in [-0.1, -0.05) is 6.07 Å². The molecule has 2 aliphatic heterocycles. The highest BCUT2D eigenvalue weighted by molar-refractivity contribution is 6.00. The summed E-state index contributed by atoms with van der Waals surface area (Å²) < 4.78 is 0. The number of aromatic nitrogens is 1. The summed E-state index contributed by atoms with van der Waals surface area (Å²) in [4.78, 5) is 33.0. The van der Waals surface area contributed by atoms with Crippen molar-refractivity contribution >= 4 is 17.5 Å². The van der Waals surface area contributed by atoms with E-state index in [9.17, 15) is 9.59 Å². The van der Waals surface area contributed by atoms with Gasteiger partial charge in [-0.25, -0.2) is 0 Å². The molecule has 0 saturated carbocycles. The number of amides is 2. The predicted molar refractivity (Wildman–Crippen MR) is 90.7 cm³/mol. The molecule has 4 rings (SSSR count). The fourth-order valence-electron chi connectivity index (χ4n) is 3.82. The van der Waals surface area contributed by atoms with E-state index in [2.05, 4.69) is 11.1 Å². The molecule has 0 bridgehead atoms. The van der Waals surface area contributed by atoms with Gasteiger partial charge in [0.25, 0.3) is 5.91 Å². The van der Waals surface area contributed by atoms with E-state index in [-0.39, 0.29) is 23.9 Å². The average Bonchev–Trinajstić information content (AvgIpc) is 3.19. The van der Waals surface area contributed by atoms with Crippen LogP contribution in [0.1, 0.15) is 28.8 Å². The number of likely N-dealkylation sites (tertiary alicyclic amines) is 1. The van der Waals surface area contributed by atoms with Gasteiger partial charge in [-0.05, 0) is 36.8 Å². The number of hydrogen-bond donors (Lipinski definition) is 0. The predicted octanol–water partition coefficient (Wildman–Crippen LogP) is 1.97. The number of carbonyl (C=O) groups is 2. The van der Waals surface area contributed by atoms with E-state index in [1.54, 1.807) is 52.5 Å². The molecule has 2 saturated heterocycles. The highest BCUT2D eigenvalue weighted by Gasteiger charge is 2.49. The SMILES string of the molecule is N#Cc1cccc(C(=O)N2CC[C@@H]3[C@@H]2CC(=O)N3c2cccnc2)c1. The van der Waals surface area contributed by atoms with Gasteiger partial charge in [0, 0.05) is 24.7 Å². The molecule has 0 aliphatic carbocycles. The van der Waals surface area contributed by atoms with E-state index in [1.165, 1.54) is 0 Å². The minimum Gasteiger partial charge on any atom is -0.333 e. The summed E-state index contributed by atoms with van der Waals surface area (Å²) in [7, 11) is 0. The average molecular weight is 332 g/mol. The van der Waals surface area contributed by atoms with Gasteiger partial charge in [-0.3, -0.25) is 14.6 Å². The molecule has 0 unspecified atom stereocenters. The Bertz CT molecular complexity index is 874. The van der Waals surface area contributed by atoms with Gasteiger partial charge in [0.05, 0.1) is 35.6 Å². The van der Waals surface area contributed by atoms with Crippen molar-refractivity contribution in [3.8, 4) is 6.07 Å². The minimum atomic E-state index is -0.133. The summed E-state index contributed by atoms with van der Waals surface area (Å²) in [5, 5.41) is 9.02. The van der Waals surface area contributed by atoms with E-state index >= 15 is 0 Å². The monoisotopic (exact) mass is 332 g/mol. The van der Waals surface area contributed by atoms with Crippen molar-refractivity contribution in [2.24, 2.45) is 0 Å². The van der Waals surface area contributed by atoms with Crippen molar-refractivity contribution in [3.63, 3.8) is 0 Å². The first kappa shape index (κ1) is 15.3. The summed E-state index contributed by atoms with van der Waals surface area (Å²) >= 11 is 0. The Morgan fingerprint density at radius 1 is 1.24 bits per heavy atom. The van der Waals surface area contributed by atoms with Gasteiger partial charge in [0.1, 0.15) is 0 Å². The normalized spacial score (nSPS) is 22.0. The summed E-state index contributed by atoms with van der Waals surface area (Å²) in [6, 6.07) is 12.3. The van der Waals surface area contributed by atoms with Crippen molar-refractivity contribution in [1.82, 2.24) is 9.88 Å². The summed E-state index contributed by atoms with van der Waals surface area (Å²) in [5.41, 5.74) is 1.73. The summed E-state index contributed by atoms with van der Waals surface area (Å²) in [5.74, 6) is -0.100. The number of nitrogens with zero attached hydrogens (tertiary/aromatic N) is 4. The van der Waals surface area contributed by atoms with Crippen LogP contribution in [0.5, 0.6) is 0 Å². The number of anilines is 1. The van der Waals surface area contributed by atoms with E-state index in [4.69, 9.17) is 5.26 Å². The molecule has 6 nitrogen and oxygen atoms in total. The van der Waals surface area contributed by atoms with Gasteiger partial charge < -0.3 is 9.80 Å².